The Hall–Kier alpha value is -0.650. The molecule has 0 aromatic carbocycles. The average molecular weight is 212 g/mol. The topological polar surface area (TPSA) is 55.2 Å². The van der Waals surface area contributed by atoms with Gasteiger partial charge in [0.1, 0.15) is 12.4 Å². The standard InChI is InChI=1S/C9H12N2O2S/c12-9(7-3-10-6-11-4-7)8-5-14-2-1-13-8/h3-4,6,8-9,12H,1-2,5H2. The van der Waals surface area contributed by atoms with Crippen LogP contribution in [0.1, 0.15) is 11.7 Å². The first-order valence-electron chi connectivity index (χ1n) is 4.50. The number of nitrogens with zero attached hydrogens (tertiary/aromatic N) is 2. The molecule has 0 spiro atoms. The van der Waals surface area contributed by atoms with Gasteiger partial charge < -0.3 is 9.84 Å². The lowest BCUT2D eigenvalue weighted by Crippen LogP contribution is -2.29. The Balaban J connectivity index is 2.03. The average Bonchev–Trinajstić information content (AvgIpc) is 2.30. The first kappa shape index (κ1) is 9.89. The van der Waals surface area contributed by atoms with E-state index in [2.05, 4.69) is 9.97 Å². The second-order valence-electron chi connectivity index (χ2n) is 3.10. The van der Waals surface area contributed by atoms with Crippen molar-refractivity contribution in [1.82, 2.24) is 9.97 Å². The quantitative estimate of drug-likeness (QED) is 0.779. The molecule has 0 amide bonds. The Labute approximate surface area is 86.7 Å². The van der Waals surface area contributed by atoms with Crippen LogP contribution in [-0.2, 0) is 4.74 Å². The third-order valence-electron chi connectivity index (χ3n) is 2.12. The molecular formula is C9H12N2O2S. The highest BCUT2D eigenvalue weighted by molar-refractivity contribution is 7.99. The van der Waals surface area contributed by atoms with Crippen LogP contribution in [0.25, 0.3) is 0 Å². The van der Waals surface area contributed by atoms with E-state index in [1.165, 1.54) is 6.33 Å². The van der Waals surface area contributed by atoms with E-state index < -0.39 is 6.10 Å². The Bertz CT molecular complexity index is 277. The fraction of sp³-hybridized carbons (Fsp3) is 0.556. The minimum absolute atomic E-state index is 0.125. The Morgan fingerprint density at radius 3 is 2.93 bits per heavy atom. The van der Waals surface area contributed by atoms with Gasteiger partial charge in [-0.1, -0.05) is 0 Å². The summed E-state index contributed by atoms with van der Waals surface area (Å²) in [7, 11) is 0. The molecule has 5 heteroatoms. The summed E-state index contributed by atoms with van der Waals surface area (Å²) < 4.78 is 5.47. The molecule has 1 aliphatic heterocycles. The molecule has 0 aliphatic carbocycles. The third kappa shape index (κ3) is 2.23. The van der Waals surface area contributed by atoms with Gasteiger partial charge in [0.25, 0.3) is 0 Å². The molecule has 4 nitrogen and oxygen atoms in total. The van der Waals surface area contributed by atoms with Crippen LogP contribution >= 0.6 is 11.8 Å². The van der Waals surface area contributed by atoms with Crippen LogP contribution in [-0.4, -0.2) is 39.3 Å². The molecule has 1 aromatic heterocycles. The minimum Gasteiger partial charge on any atom is -0.386 e. The highest BCUT2D eigenvalue weighted by Crippen LogP contribution is 2.24. The van der Waals surface area contributed by atoms with E-state index in [9.17, 15) is 5.11 Å². The minimum atomic E-state index is -0.607. The molecule has 1 N–H and O–H groups in total. The first-order chi connectivity index (χ1) is 6.88. The summed E-state index contributed by atoms with van der Waals surface area (Å²) in [5.74, 6) is 1.84. The number of hydrogen-bond acceptors (Lipinski definition) is 5. The van der Waals surface area contributed by atoms with Crippen molar-refractivity contribution in [2.24, 2.45) is 0 Å². The SMILES string of the molecule is OC(c1cncnc1)C1CSCCO1. The van der Waals surface area contributed by atoms with Gasteiger partial charge in [-0.2, -0.15) is 11.8 Å². The lowest BCUT2D eigenvalue weighted by Gasteiger charge is -2.26. The van der Waals surface area contributed by atoms with Gasteiger partial charge in [0.15, 0.2) is 0 Å². The zero-order valence-electron chi connectivity index (χ0n) is 7.67. The van der Waals surface area contributed by atoms with Crippen LogP contribution in [0, 0.1) is 0 Å². The van der Waals surface area contributed by atoms with Gasteiger partial charge in [0.05, 0.1) is 12.7 Å². The molecule has 2 atom stereocenters. The van der Waals surface area contributed by atoms with Crippen LogP contribution in [0.2, 0.25) is 0 Å². The summed E-state index contributed by atoms with van der Waals surface area (Å²) in [6.07, 6.45) is 3.97. The van der Waals surface area contributed by atoms with Crippen LogP contribution in [0.15, 0.2) is 18.7 Å². The molecule has 2 rings (SSSR count). The van der Waals surface area contributed by atoms with Crippen molar-refractivity contribution >= 4 is 11.8 Å². The molecule has 1 aliphatic rings. The van der Waals surface area contributed by atoms with Crippen LogP contribution < -0.4 is 0 Å². The predicted octanol–water partition coefficient (Wildman–Crippen LogP) is 0.642. The van der Waals surface area contributed by atoms with Crippen molar-refractivity contribution in [2.75, 3.05) is 18.1 Å². The zero-order valence-corrected chi connectivity index (χ0v) is 8.48. The Kier molecular flexibility index (Phi) is 3.34. The van der Waals surface area contributed by atoms with Crippen LogP contribution in [0.5, 0.6) is 0 Å². The summed E-state index contributed by atoms with van der Waals surface area (Å²) in [6.45, 7) is 0.708. The van der Waals surface area contributed by atoms with Gasteiger partial charge in [0, 0.05) is 29.5 Å². The smallest absolute Gasteiger partial charge is 0.115 e. The molecule has 1 saturated heterocycles. The number of ether oxygens (including phenoxy) is 1. The van der Waals surface area contributed by atoms with E-state index in [4.69, 9.17) is 4.74 Å². The lowest BCUT2D eigenvalue weighted by atomic mass is 10.1. The van der Waals surface area contributed by atoms with Gasteiger partial charge in [0.2, 0.25) is 0 Å². The molecule has 1 aromatic rings. The number of aliphatic hydroxyl groups is 1. The van der Waals surface area contributed by atoms with E-state index in [1.54, 1.807) is 24.2 Å². The normalized spacial score (nSPS) is 24.5. The van der Waals surface area contributed by atoms with Crippen molar-refractivity contribution in [2.45, 2.75) is 12.2 Å². The Morgan fingerprint density at radius 1 is 1.50 bits per heavy atom. The number of thioether (sulfide) groups is 1. The second-order valence-corrected chi connectivity index (χ2v) is 4.25. The van der Waals surface area contributed by atoms with Gasteiger partial charge in [-0.25, -0.2) is 9.97 Å². The van der Waals surface area contributed by atoms with Crippen molar-refractivity contribution in [1.29, 1.82) is 0 Å². The monoisotopic (exact) mass is 212 g/mol. The molecule has 0 radical (unpaired) electrons. The zero-order chi connectivity index (χ0) is 9.80. The summed E-state index contributed by atoms with van der Waals surface area (Å²) in [5.41, 5.74) is 0.722. The molecule has 2 unspecified atom stereocenters. The van der Waals surface area contributed by atoms with E-state index in [0.29, 0.717) is 6.61 Å². The van der Waals surface area contributed by atoms with Crippen molar-refractivity contribution in [3.63, 3.8) is 0 Å². The fourth-order valence-corrected chi connectivity index (χ4v) is 2.26. The number of rotatable bonds is 2. The van der Waals surface area contributed by atoms with Gasteiger partial charge >= 0.3 is 0 Å². The van der Waals surface area contributed by atoms with Crippen LogP contribution in [0.4, 0.5) is 0 Å². The van der Waals surface area contributed by atoms with Gasteiger partial charge in [-0.15, -0.1) is 0 Å². The van der Waals surface area contributed by atoms with E-state index in [1.807, 2.05) is 0 Å². The molecule has 1 fully saturated rings. The van der Waals surface area contributed by atoms with Gasteiger partial charge in [-0.3, -0.25) is 0 Å². The van der Waals surface area contributed by atoms with Crippen LogP contribution in [0.3, 0.4) is 0 Å². The highest BCUT2D eigenvalue weighted by atomic mass is 32.2. The lowest BCUT2D eigenvalue weighted by molar-refractivity contribution is -0.0230. The summed E-state index contributed by atoms with van der Waals surface area (Å²) in [5, 5.41) is 9.93. The highest BCUT2D eigenvalue weighted by Gasteiger charge is 2.24. The molecule has 0 bridgehead atoms. The Morgan fingerprint density at radius 2 is 2.29 bits per heavy atom. The van der Waals surface area contributed by atoms with E-state index in [0.717, 1.165) is 17.1 Å². The van der Waals surface area contributed by atoms with Gasteiger partial charge in [-0.05, 0) is 0 Å². The predicted molar refractivity (Wildman–Crippen MR) is 54.1 cm³/mol. The summed E-state index contributed by atoms with van der Waals surface area (Å²) in [4.78, 5) is 7.73. The van der Waals surface area contributed by atoms with Crippen molar-refractivity contribution < 1.29 is 9.84 Å². The number of hydrogen-bond donors (Lipinski definition) is 1. The molecule has 76 valence electrons. The maximum atomic E-state index is 9.93. The maximum Gasteiger partial charge on any atom is 0.115 e. The van der Waals surface area contributed by atoms with E-state index in [-0.39, 0.29) is 6.10 Å². The third-order valence-corrected chi connectivity index (χ3v) is 3.14. The van der Waals surface area contributed by atoms with Crippen molar-refractivity contribution in [3.05, 3.63) is 24.3 Å². The summed E-state index contributed by atoms with van der Waals surface area (Å²) in [6, 6.07) is 0. The molecular weight excluding hydrogens is 200 g/mol. The van der Waals surface area contributed by atoms with Crippen molar-refractivity contribution in [3.8, 4) is 0 Å². The maximum absolute atomic E-state index is 9.93. The second kappa shape index (κ2) is 4.72. The molecule has 14 heavy (non-hydrogen) atoms. The molecule has 0 saturated carbocycles. The summed E-state index contributed by atoms with van der Waals surface area (Å²) >= 11 is 1.80. The van der Waals surface area contributed by atoms with E-state index >= 15 is 0 Å². The first-order valence-corrected chi connectivity index (χ1v) is 5.66. The number of aliphatic hydroxyl groups excluding tert-OH is 1. The number of aromatic nitrogens is 2. The largest absolute Gasteiger partial charge is 0.386 e. The molecule has 2 heterocycles. The fourth-order valence-electron chi connectivity index (χ4n) is 1.37.